The lowest BCUT2D eigenvalue weighted by Crippen LogP contribution is -2.47. The molecule has 2 rings (SSSR count). The second-order valence-corrected chi connectivity index (χ2v) is 6.45. The van der Waals surface area contributed by atoms with Crippen molar-refractivity contribution in [2.75, 3.05) is 33.4 Å². The second kappa shape index (κ2) is 6.69. The summed E-state index contributed by atoms with van der Waals surface area (Å²) < 4.78 is 51.9. The number of halogens is 1. The normalized spacial score (nSPS) is 18.4. The van der Waals surface area contributed by atoms with E-state index in [9.17, 15) is 12.8 Å². The summed E-state index contributed by atoms with van der Waals surface area (Å²) in [5.41, 5.74) is 0.533. The van der Waals surface area contributed by atoms with Gasteiger partial charge in [0.1, 0.15) is 0 Å². The zero-order valence-electron chi connectivity index (χ0n) is 12.0. The summed E-state index contributed by atoms with van der Waals surface area (Å²) >= 11 is 0. The van der Waals surface area contributed by atoms with Crippen LogP contribution in [-0.2, 0) is 14.9 Å². The number of rotatable bonds is 5. The molecule has 1 heterocycles. The molecule has 0 amide bonds. The fraction of sp³-hybridized carbons (Fsp3) is 0.538. The fourth-order valence-electron chi connectivity index (χ4n) is 2.10. The number of hydrogen-bond acceptors (Lipinski definition) is 4. The van der Waals surface area contributed by atoms with E-state index in [1.165, 1.54) is 23.5 Å². The van der Waals surface area contributed by atoms with Crippen molar-refractivity contribution in [2.24, 2.45) is 0 Å². The maximum atomic E-state index is 13.7. The van der Waals surface area contributed by atoms with Crippen molar-refractivity contribution in [3.8, 4) is 5.75 Å². The summed E-state index contributed by atoms with van der Waals surface area (Å²) in [6, 6.07) is 3.84. The van der Waals surface area contributed by atoms with Crippen LogP contribution < -0.4 is 9.46 Å². The third-order valence-electron chi connectivity index (χ3n) is 3.31. The SMILES string of the molecule is COc1ccc([C@@H](C)NS(=O)(=O)N2CCOCC2)cc1F. The minimum Gasteiger partial charge on any atom is -0.494 e. The van der Waals surface area contributed by atoms with Gasteiger partial charge in [-0.15, -0.1) is 0 Å². The van der Waals surface area contributed by atoms with Gasteiger partial charge in [0, 0.05) is 19.1 Å². The van der Waals surface area contributed by atoms with Gasteiger partial charge in [-0.3, -0.25) is 0 Å². The smallest absolute Gasteiger partial charge is 0.280 e. The van der Waals surface area contributed by atoms with E-state index >= 15 is 0 Å². The molecule has 1 saturated heterocycles. The van der Waals surface area contributed by atoms with Gasteiger partial charge in [0.15, 0.2) is 11.6 Å². The van der Waals surface area contributed by atoms with Crippen LogP contribution in [0, 0.1) is 5.82 Å². The quantitative estimate of drug-likeness (QED) is 0.881. The first-order chi connectivity index (χ1) is 9.94. The van der Waals surface area contributed by atoms with Gasteiger partial charge in [0.05, 0.1) is 20.3 Å². The third-order valence-corrected chi connectivity index (χ3v) is 5.01. The number of nitrogens with one attached hydrogen (secondary N) is 1. The topological polar surface area (TPSA) is 67.9 Å². The number of methoxy groups -OCH3 is 1. The minimum absolute atomic E-state index is 0.127. The Morgan fingerprint density at radius 1 is 1.38 bits per heavy atom. The number of benzene rings is 1. The molecule has 0 aliphatic carbocycles. The van der Waals surface area contributed by atoms with E-state index in [0.717, 1.165) is 0 Å². The molecular weight excluding hydrogens is 299 g/mol. The Morgan fingerprint density at radius 3 is 2.62 bits per heavy atom. The highest BCUT2D eigenvalue weighted by molar-refractivity contribution is 7.87. The summed E-state index contributed by atoms with van der Waals surface area (Å²) in [6.45, 7) is 3.07. The lowest BCUT2D eigenvalue weighted by molar-refractivity contribution is 0.0723. The third kappa shape index (κ3) is 3.91. The average Bonchev–Trinajstić information content (AvgIpc) is 2.47. The lowest BCUT2D eigenvalue weighted by Gasteiger charge is -2.27. The molecule has 1 N–H and O–H groups in total. The van der Waals surface area contributed by atoms with Gasteiger partial charge in [0.2, 0.25) is 0 Å². The summed E-state index contributed by atoms with van der Waals surface area (Å²) in [5, 5.41) is 0. The Balaban J connectivity index is 2.09. The van der Waals surface area contributed by atoms with E-state index in [-0.39, 0.29) is 5.75 Å². The zero-order chi connectivity index (χ0) is 15.5. The fourth-order valence-corrected chi connectivity index (χ4v) is 3.47. The second-order valence-electron chi connectivity index (χ2n) is 4.75. The van der Waals surface area contributed by atoms with Gasteiger partial charge in [-0.2, -0.15) is 17.4 Å². The number of hydrogen-bond donors (Lipinski definition) is 1. The minimum atomic E-state index is -3.61. The Bertz CT molecular complexity index is 588. The van der Waals surface area contributed by atoms with Crippen molar-refractivity contribution in [2.45, 2.75) is 13.0 Å². The molecule has 0 bridgehead atoms. The number of nitrogens with zero attached hydrogens (tertiary/aromatic N) is 1. The molecule has 118 valence electrons. The molecule has 0 saturated carbocycles. The summed E-state index contributed by atoms with van der Waals surface area (Å²) in [7, 11) is -2.23. The molecule has 1 aliphatic rings. The van der Waals surface area contributed by atoms with Gasteiger partial charge in [-0.05, 0) is 24.6 Å². The maximum Gasteiger partial charge on any atom is 0.280 e. The number of ether oxygens (including phenoxy) is 2. The molecule has 1 aliphatic heterocycles. The van der Waals surface area contributed by atoms with Crippen LogP contribution in [-0.4, -0.2) is 46.1 Å². The van der Waals surface area contributed by atoms with Crippen LogP contribution in [0.2, 0.25) is 0 Å². The van der Waals surface area contributed by atoms with Crippen molar-refractivity contribution < 1.29 is 22.3 Å². The Hall–Kier alpha value is -1.22. The van der Waals surface area contributed by atoms with E-state index in [2.05, 4.69) is 4.72 Å². The van der Waals surface area contributed by atoms with E-state index < -0.39 is 22.1 Å². The van der Waals surface area contributed by atoms with Crippen LogP contribution in [0.5, 0.6) is 5.75 Å². The molecule has 0 spiro atoms. The first kappa shape index (κ1) is 16.2. The molecule has 1 fully saturated rings. The van der Waals surface area contributed by atoms with Crippen LogP contribution in [0.3, 0.4) is 0 Å². The molecule has 6 nitrogen and oxygen atoms in total. The first-order valence-electron chi connectivity index (χ1n) is 6.62. The van der Waals surface area contributed by atoms with Crippen LogP contribution in [0.4, 0.5) is 4.39 Å². The van der Waals surface area contributed by atoms with Gasteiger partial charge >= 0.3 is 0 Å². The molecule has 0 radical (unpaired) electrons. The molecular formula is C13H19FN2O4S. The highest BCUT2D eigenvalue weighted by atomic mass is 32.2. The predicted octanol–water partition coefficient (Wildman–Crippen LogP) is 1.06. The van der Waals surface area contributed by atoms with Crippen LogP contribution in [0.25, 0.3) is 0 Å². The van der Waals surface area contributed by atoms with E-state index in [1.54, 1.807) is 13.0 Å². The zero-order valence-corrected chi connectivity index (χ0v) is 12.8. The first-order valence-corrected chi connectivity index (χ1v) is 8.06. The molecule has 1 atom stereocenters. The van der Waals surface area contributed by atoms with Gasteiger partial charge in [-0.1, -0.05) is 6.07 Å². The lowest BCUT2D eigenvalue weighted by atomic mass is 10.1. The molecule has 0 unspecified atom stereocenters. The predicted molar refractivity (Wildman–Crippen MR) is 75.8 cm³/mol. The van der Waals surface area contributed by atoms with Gasteiger partial charge in [0.25, 0.3) is 10.2 Å². The highest BCUT2D eigenvalue weighted by Crippen LogP contribution is 2.22. The Labute approximate surface area is 124 Å². The maximum absolute atomic E-state index is 13.7. The molecule has 21 heavy (non-hydrogen) atoms. The van der Waals surface area contributed by atoms with E-state index in [4.69, 9.17) is 9.47 Å². The Kier molecular flexibility index (Phi) is 5.15. The highest BCUT2D eigenvalue weighted by Gasteiger charge is 2.26. The van der Waals surface area contributed by atoms with Crippen LogP contribution >= 0.6 is 0 Å². The number of morpholine rings is 1. The largest absolute Gasteiger partial charge is 0.494 e. The molecule has 0 aromatic heterocycles. The van der Waals surface area contributed by atoms with Gasteiger partial charge < -0.3 is 9.47 Å². The van der Waals surface area contributed by atoms with Crippen LogP contribution in [0.1, 0.15) is 18.5 Å². The van der Waals surface area contributed by atoms with Crippen molar-refractivity contribution in [3.63, 3.8) is 0 Å². The summed E-state index contributed by atoms with van der Waals surface area (Å²) in [4.78, 5) is 0. The molecule has 8 heteroatoms. The standard InChI is InChI=1S/C13H19FN2O4S/c1-10(11-3-4-13(19-2)12(14)9-11)15-21(17,18)16-5-7-20-8-6-16/h3-4,9-10,15H,5-8H2,1-2H3/t10-/m1/s1. The van der Waals surface area contributed by atoms with Crippen LogP contribution in [0.15, 0.2) is 18.2 Å². The van der Waals surface area contributed by atoms with E-state index in [0.29, 0.717) is 31.9 Å². The summed E-state index contributed by atoms with van der Waals surface area (Å²) in [5.74, 6) is -0.394. The monoisotopic (exact) mass is 318 g/mol. The van der Waals surface area contributed by atoms with Crippen molar-refractivity contribution in [3.05, 3.63) is 29.6 Å². The van der Waals surface area contributed by atoms with E-state index in [1.807, 2.05) is 0 Å². The molecule has 1 aromatic carbocycles. The summed E-state index contributed by atoms with van der Waals surface area (Å²) in [6.07, 6.45) is 0. The van der Waals surface area contributed by atoms with Crippen molar-refractivity contribution in [1.29, 1.82) is 0 Å². The average molecular weight is 318 g/mol. The van der Waals surface area contributed by atoms with Gasteiger partial charge in [-0.25, -0.2) is 4.39 Å². The van der Waals surface area contributed by atoms with Crippen molar-refractivity contribution in [1.82, 2.24) is 9.03 Å². The molecule has 1 aromatic rings. The van der Waals surface area contributed by atoms with Crippen molar-refractivity contribution >= 4 is 10.2 Å². The Morgan fingerprint density at radius 2 is 2.05 bits per heavy atom.